The highest BCUT2D eigenvalue weighted by Crippen LogP contribution is 2.34. The Bertz CT molecular complexity index is 1160. The van der Waals surface area contributed by atoms with E-state index in [1.807, 2.05) is 17.4 Å². The van der Waals surface area contributed by atoms with Gasteiger partial charge in [0, 0.05) is 57.1 Å². The number of amides is 2. The minimum absolute atomic E-state index is 0.0830. The van der Waals surface area contributed by atoms with E-state index in [0.29, 0.717) is 32.8 Å². The number of hydrogen-bond acceptors (Lipinski definition) is 8. The van der Waals surface area contributed by atoms with Gasteiger partial charge in [0.2, 0.25) is 0 Å². The maximum Gasteiger partial charge on any atom is 0.414 e. The van der Waals surface area contributed by atoms with Crippen LogP contribution >= 0.6 is 0 Å². The van der Waals surface area contributed by atoms with Crippen molar-refractivity contribution in [2.24, 2.45) is 0 Å². The third-order valence-electron chi connectivity index (χ3n) is 7.41. The normalized spacial score (nSPS) is 24.5. The van der Waals surface area contributed by atoms with Crippen molar-refractivity contribution in [3.63, 3.8) is 0 Å². The summed E-state index contributed by atoms with van der Waals surface area (Å²) in [5, 5.41) is 3.76. The Morgan fingerprint density at radius 2 is 1.76 bits per heavy atom. The number of allylic oxidation sites excluding steroid dienone is 4. The average molecular weight is 584 g/mol. The van der Waals surface area contributed by atoms with Crippen molar-refractivity contribution in [3.8, 4) is 0 Å². The fraction of sp³-hybridized carbons (Fsp3) is 0.556. The molecule has 3 saturated heterocycles. The van der Waals surface area contributed by atoms with E-state index in [9.17, 15) is 18.4 Å². The summed E-state index contributed by atoms with van der Waals surface area (Å²) in [4.78, 5) is 34.2. The van der Waals surface area contributed by atoms with Gasteiger partial charge in [-0.25, -0.2) is 13.6 Å². The van der Waals surface area contributed by atoms with Crippen molar-refractivity contribution in [1.29, 1.82) is 0 Å². The number of ether oxygens (including phenoxy) is 2. The van der Waals surface area contributed by atoms with Crippen LogP contribution < -0.4 is 10.2 Å². The molecule has 1 aromatic rings. The molecular weight excluding hydrogens is 550 g/mol. The lowest BCUT2D eigenvalue weighted by Crippen LogP contribution is -2.38. The number of hydrogen-bond donors (Lipinski definition) is 1. The molecule has 3 aliphatic heterocycles. The molecule has 1 aromatic carbocycles. The first-order valence-electron chi connectivity index (χ1n) is 13.6. The Balaban J connectivity index is 1.16. The van der Waals surface area contributed by atoms with Gasteiger partial charge in [0.05, 0.1) is 38.6 Å². The van der Waals surface area contributed by atoms with E-state index in [0.717, 1.165) is 35.3 Å². The first-order chi connectivity index (χ1) is 19.8. The van der Waals surface area contributed by atoms with Crippen LogP contribution in [0.3, 0.4) is 0 Å². The fourth-order valence-electron chi connectivity index (χ4n) is 5.29. The molecule has 0 aromatic heterocycles. The molecule has 10 nitrogen and oxygen atoms in total. The molecule has 0 saturated carbocycles. The quantitative estimate of drug-likeness (QED) is 0.468. The van der Waals surface area contributed by atoms with Gasteiger partial charge in [-0.3, -0.25) is 14.5 Å². The lowest BCUT2D eigenvalue weighted by molar-refractivity contribution is -0.154. The smallest absolute Gasteiger partial charge is 0.414 e. The molecule has 14 heteroatoms. The van der Waals surface area contributed by atoms with Gasteiger partial charge in [-0.05, 0) is 23.8 Å². The Morgan fingerprint density at radius 3 is 2.46 bits per heavy atom. The molecule has 3 heterocycles. The maximum absolute atomic E-state index is 15.4. The summed E-state index contributed by atoms with van der Waals surface area (Å²) in [7, 11) is 0. The van der Waals surface area contributed by atoms with Crippen molar-refractivity contribution in [1.82, 2.24) is 20.2 Å². The fourth-order valence-corrected chi connectivity index (χ4v) is 5.29. The second-order valence-electron chi connectivity index (χ2n) is 10.2. The summed E-state index contributed by atoms with van der Waals surface area (Å²) in [6.45, 7) is 4.52. The minimum Gasteiger partial charge on any atom is -0.442 e. The SMILES string of the molecule is O=C(NC[C@H]1CN(C2=CC(F)=C(N3CCON(Cc4ccc(N5CCOCC5)cc4)CC3)C(F)C2)C(=O)O1)C(F)F. The number of carbonyl (C=O) groups is 2. The first-order valence-corrected chi connectivity index (χ1v) is 13.6. The number of nitrogens with zero attached hydrogens (tertiary/aromatic N) is 4. The Kier molecular flexibility index (Phi) is 9.30. The molecule has 0 spiro atoms. The van der Waals surface area contributed by atoms with E-state index in [1.54, 1.807) is 9.96 Å². The lowest BCUT2D eigenvalue weighted by Gasteiger charge is -2.31. The van der Waals surface area contributed by atoms with E-state index < -0.39 is 36.5 Å². The van der Waals surface area contributed by atoms with Crippen LogP contribution in [0.25, 0.3) is 0 Å². The van der Waals surface area contributed by atoms with Gasteiger partial charge >= 0.3 is 12.5 Å². The Labute approximate surface area is 235 Å². The second-order valence-corrected chi connectivity index (χ2v) is 10.2. The van der Waals surface area contributed by atoms with Gasteiger partial charge in [0.15, 0.2) is 0 Å². The predicted octanol–water partition coefficient (Wildman–Crippen LogP) is 2.58. The van der Waals surface area contributed by atoms with Gasteiger partial charge < -0.3 is 24.6 Å². The van der Waals surface area contributed by atoms with Gasteiger partial charge in [-0.1, -0.05) is 12.1 Å². The molecule has 2 amide bonds. The van der Waals surface area contributed by atoms with Crippen LogP contribution in [0.5, 0.6) is 0 Å². The molecule has 0 bridgehead atoms. The van der Waals surface area contributed by atoms with Gasteiger partial charge in [0.1, 0.15) is 18.1 Å². The number of benzene rings is 1. The molecule has 5 rings (SSSR count). The minimum atomic E-state index is -3.20. The van der Waals surface area contributed by atoms with Crippen molar-refractivity contribution < 1.29 is 41.5 Å². The number of rotatable bonds is 8. The number of alkyl halides is 3. The number of carbonyl (C=O) groups excluding carboxylic acids is 2. The van der Waals surface area contributed by atoms with E-state index in [2.05, 4.69) is 17.0 Å². The van der Waals surface area contributed by atoms with Gasteiger partial charge in [-0.15, -0.1) is 0 Å². The monoisotopic (exact) mass is 583 g/mol. The highest BCUT2D eigenvalue weighted by atomic mass is 19.3. The first kappa shape index (κ1) is 29.1. The Morgan fingerprint density at radius 1 is 1.02 bits per heavy atom. The van der Waals surface area contributed by atoms with Crippen LogP contribution in [0.1, 0.15) is 12.0 Å². The third-order valence-corrected chi connectivity index (χ3v) is 7.41. The highest BCUT2D eigenvalue weighted by Gasteiger charge is 2.38. The molecule has 4 aliphatic rings. The maximum atomic E-state index is 15.4. The van der Waals surface area contributed by atoms with E-state index in [4.69, 9.17) is 14.3 Å². The number of cyclic esters (lactones) is 1. The van der Waals surface area contributed by atoms with Crippen LogP contribution in [0, 0.1) is 0 Å². The topological polar surface area (TPSA) is 86.8 Å². The van der Waals surface area contributed by atoms with Crippen molar-refractivity contribution in [3.05, 3.63) is 53.1 Å². The molecule has 2 atom stereocenters. The van der Waals surface area contributed by atoms with Crippen molar-refractivity contribution in [2.45, 2.75) is 31.7 Å². The Hall–Kier alpha value is -3.36. The predicted molar refractivity (Wildman–Crippen MR) is 139 cm³/mol. The largest absolute Gasteiger partial charge is 0.442 e. The highest BCUT2D eigenvalue weighted by molar-refractivity contribution is 5.79. The zero-order valence-electron chi connectivity index (χ0n) is 22.4. The van der Waals surface area contributed by atoms with Gasteiger partial charge in [-0.2, -0.15) is 13.8 Å². The van der Waals surface area contributed by atoms with E-state index in [1.165, 1.54) is 0 Å². The zero-order chi connectivity index (χ0) is 28.9. The second kappa shape index (κ2) is 13.1. The summed E-state index contributed by atoms with van der Waals surface area (Å²) in [5.74, 6) is -2.28. The number of morpholine rings is 1. The van der Waals surface area contributed by atoms with Crippen molar-refractivity contribution >= 4 is 17.7 Å². The van der Waals surface area contributed by atoms with Crippen LogP contribution in [-0.4, -0.2) is 111 Å². The molecule has 224 valence electrons. The molecule has 1 unspecified atom stereocenters. The summed E-state index contributed by atoms with van der Waals surface area (Å²) >= 11 is 0. The molecule has 0 radical (unpaired) electrons. The van der Waals surface area contributed by atoms with Crippen molar-refractivity contribution in [2.75, 3.05) is 70.5 Å². The van der Waals surface area contributed by atoms with Crippen LogP contribution in [0.4, 0.5) is 28.0 Å². The number of halogens is 4. The van der Waals surface area contributed by atoms with Crippen LogP contribution in [0.15, 0.2) is 47.6 Å². The zero-order valence-corrected chi connectivity index (χ0v) is 22.4. The summed E-state index contributed by atoms with van der Waals surface area (Å²) in [6.07, 6.45) is -5.83. The molecule has 1 aliphatic carbocycles. The summed E-state index contributed by atoms with van der Waals surface area (Å²) < 4.78 is 65.9. The molecule has 1 N–H and O–H groups in total. The lowest BCUT2D eigenvalue weighted by atomic mass is 10.0. The van der Waals surface area contributed by atoms with E-state index in [-0.39, 0.29) is 44.1 Å². The van der Waals surface area contributed by atoms with Gasteiger partial charge in [0.25, 0.3) is 5.91 Å². The van der Waals surface area contributed by atoms with Crippen LogP contribution in [-0.2, 0) is 25.7 Å². The third kappa shape index (κ3) is 7.11. The molecule has 41 heavy (non-hydrogen) atoms. The van der Waals surface area contributed by atoms with Crippen LogP contribution in [0.2, 0.25) is 0 Å². The summed E-state index contributed by atoms with van der Waals surface area (Å²) in [6, 6.07) is 8.24. The number of nitrogens with one attached hydrogen (secondary N) is 1. The standard InChI is InChI=1S/C27H33F4N5O5/c28-22-13-20(36-17-21(41-27(36)38)15-32-26(37)25(30)31)14-23(29)24(22)34-5-6-35(40-12-9-34)16-18-1-3-19(4-2-18)33-7-10-39-11-8-33/h1-4,13,21,23,25H,5-12,14-17H2,(H,32,37)/t21-,23?/m0/s1. The molecular formula is C27H33F4N5O5. The summed E-state index contributed by atoms with van der Waals surface area (Å²) in [5.41, 5.74) is 2.18. The van der Waals surface area contributed by atoms with E-state index >= 15 is 8.78 Å². The average Bonchev–Trinajstić information content (AvgIpc) is 3.19. The number of hydroxylamine groups is 2. The number of anilines is 1. The molecule has 3 fully saturated rings.